The number of likely N-dealkylation sites (tertiary alicyclic amines) is 1. The monoisotopic (exact) mass is 214 g/mol. The molecule has 1 rings (SSSR count). The average molecular weight is 214 g/mol. The van der Waals surface area contributed by atoms with Crippen molar-refractivity contribution in [1.82, 2.24) is 9.80 Å². The molecular formula is C12H26N2O. The van der Waals surface area contributed by atoms with E-state index in [1.54, 1.807) is 0 Å². The summed E-state index contributed by atoms with van der Waals surface area (Å²) in [4.78, 5) is 4.95. The third-order valence-electron chi connectivity index (χ3n) is 3.36. The van der Waals surface area contributed by atoms with Crippen molar-refractivity contribution in [3.8, 4) is 0 Å². The molecule has 0 bridgehead atoms. The van der Waals surface area contributed by atoms with Crippen LogP contribution in [-0.2, 0) is 0 Å². The lowest BCUT2D eigenvalue weighted by atomic mass is 10.1. The smallest absolute Gasteiger partial charge is 0.0431 e. The van der Waals surface area contributed by atoms with Gasteiger partial charge in [0.05, 0.1) is 0 Å². The molecule has 0 aromatic rings. The van der Waals surface area contributed by atoms with Crippen LogP contribution in [0.1, 0.15) is 26.2 Å². The molecule has 3 heteroatoms. The molecule has 3 nitrogen and oxygen atoms in total. The highest BCUT2D eigenvalue weighted by Crippen LogP contribution is 2.17. The fourth-order valence-electron chi connectivity index (χ4n) is 2.28. The Labute approximate surface area is 94.1 Å². The Hall–Kier alpha value is -0.120. The van der Waals surface area contributed by atoms with Gasteiger partial charge in [-0.2, -0.15) is 0 Å². The second-order valence-corrected chi connectivity index (χ2v) is 4.74. The summed E-state index contributed by atoms with van der Waals surface area (Å²) in [6.07, 6.45) is 3.45. The van der Waals surface area contributed by atoms with Crippen LogP contribution in [0, 0.1) is 5.92 Å². The van der Waals surface area contributed by atoms with Crippen molar-refractivity contribution in [3.05, 3.63) is 0 Å². The van der Waals surface area contributed by atoms with E-state index < -0.39 is 0 Å². The number of aliphatic hydroxyl groups is 1. The molecule has 1 N–H and O–H groups in total. The summed E-state index contributed by atoms with van der Waals surface area (Å²) in [5.41, 5.74) is 0. The predicted molar refractivity (Wildman–Crippen MR) is 64.0 cm³/mol. The first-order valence-electron chi connectivity index (χ1n) is 6.28. The number of nitrogens with zero attached hydrogens (tertiary/aromatic N) is 2. The Kier molecular flexibility index (Phi) is 6.22. The second-order valence-electron chi connectivity index (χ2n) is 4.74. The topological polar surface area (TPSA) is 26.7 Å². The van der Waals surface area contributed by atoms with Gasteiger partial charge < -0.3 is 14.9 Å². The lowest BCUT2D eigenvalue weighted by Crippen LogP contribution is -2.28. The van der Waals surface area contributed by atoms with Gasteiger partial charge in [-0.3, -0.25) is 0 Å². The third kappa shape index (κ3) is 4.96. The van der Waals surface area contributed by atoms with E-state index in [0.29, 0.717) is 6.61 Å². The summed E-state index contributed by atoms with van der Waals surface area (Å²) in [6, 6.07) is 0. The fourth-order valence-corrected chi connectivity index (χ4v) is 2.28. The Balaban J connectivity index is 2.09. The van der Waals surface area contributed by atoms with Gasteiger partial charge in [0, 0.05) is 19.7 Å². The molecule has 0 radical (unpaired) electrons. The summed E-state index contributed by atoms with van der Waals surface area (Å²) in [7, 11) is 2.20. The van der Waals surface area contributed by atoms with Gasteiger partial charge in [0.1, 0.15) is 0 Å². The van der Waals surface area contributed by atoms with E-state index in [1.165, 1.54) is 32.6 Å². The highest BCUT2D eigenvalue weighted by atomic mass is 16.2. The zero-order valence-corrected chi connectivity index (χ0v) is 10.3. The number of aliphatic hydroxyl groups excluding tert-OH is 1. The van der Waals surface area contributed by atoms with Gasteiger partial charge in [0.25, 0.3) is 0 Å². The van der Waals surface area contributed by atoms with Crippen molar-refractivity contribution in [2.45, 2.75) is 26.2 Å². The van der Waals surface area contributed by atoms with E-state index in [0.717, 1.165) is 25.3 Å². The van der Waals surface area contributed by atoms with Crippen molar-refractivity contribution in [2.75, 3.05) is 46.4 Å². The first-order valence-corrected chi connectivity index (χ1v) is 6.28. The first-order chi connectivity index (χ1) is 7.26. The molecule has 0 saturated carbocycles. The normalized spacial score (nSPS) is 22.8. The lowest BCUT2D eigenvalue weighted by molar-refractivity contribution is 0.250. The molecule has 1 fully saturated rings. The summed E-state index contributed by atoms with van der Waals surface area (Å²) >= 11 is 0. The molecule has 0 aliphatic carbocycles. The quantitative estimate of drug-likeness (QED) is 0.641. The molecule has 0 spiro atoms. The Bertz CT molecular complexity index is 164. The number of hydrogen-bond acceptors (Lipinski definition) is 3. The maximum atomic E-state index is 8.72. The van der Waals surface area contributed by atoms with Gasteiger partial charge in [0.15, 0.2) is 0 Å². The molecule has 0 aromatic carbocycles. The van der Waals surface area contributed by atoms with E-state index in [9.17, 15) is 0 Å². The standard InChI is InChI=1S/C12H26N2O/c1-3-13(2)10-12-6-8-14(11-12)7-4-5-9-15/h12,15H,3-11H2,1-2H3. The zero-order valence-electron chi connectivity index (χ0n) is 10.3. The average Bonchev–Trinajstić information content (AvgIpc) is 2.66. The Morgan fingerprint density at radius 3 is 2.87 bits per heavy atom. The van der Waals surface area contributed by atoms with Crippen LogP contribution in [0.3, 0.4) is 0 Å². The number of hydrogen-bond donors (Lipinski definition) is 1. The molecule has 1 heterocycles. The van der Waals surface area contributed by atoms with Gasteiger partial charge in [-0.15, -0.1) is 0 Å². The van der Waals surface area contributed by atoms with Crippen LogP contribution >= 0.6 is 0 Å². The van der Waals surface area contributed by atoms with Crippen molar-refractivity contribution in [2.24, 2.45) is 5.92 Å². The molecule has 1 saturated heterocycles. The zero-order chi connectivity index (χ0) is 11.1. The molecule has 0 amide bonds. The van der Waals surface area contributed by atoms with Crippen LogP contribution in [-0.4, -0.2) is 61.3 Å². The van der Waals surface area contributed by atoms with Crippen LogP contribution in [0.5, 0.6) is 0 Å². The van der Waals surface area contributed by atoms with E-state index >= 15 is 0 Å². The third-order valence-corrected chi connectivity index (χ3v) is 3.36. The largest absolute Gasteiger partial charge is 0.396 e. The summed E-state index contributed by atoms with van der Waals surface area (Å²) in [5.74, 6) is 0.865. The van der Waals surface area contributed by atoms with Crippen LogP contribution in [0.2, 0.25) is 0 Å². The van der Waals surface area contributed by atoms with E-state index in [1.807, 2.05) is 0 Å². The van der Waals surface area contributed by atoms with E-state index in [4.69, 9.17) is 5.11 Å². The molecule has 90 valence electrons. The van der Waals surface area contributed by atoms with Crippen LogP contribution in [0.15, 0.2) is 0 Å². The van der Waals surface area contributed by atoms with Crippen molar-refractivity contribution in [1.29, 1.82) is 0 Å². The van der Waals surface area contributed by atoms with Gasteiger partial charge in [-0.1, -0.05) is 6.92 Å². The van der Waals surface area contributed by atoms with Gasteiger partial charge in [-0.25, -0.2) is 0 Å². The minimum atomic E-state index is 0.343. The molecule has 1 unspecified atom stereocenters. The Morgan fingerprint density at radius 1 is 1.40 bits per heavy atom. The van der Waals surface area contributed by atoms with E-state index in [2.05, 4.69) is 23.8 Å². The minimum Gasteiger partial charge on any atom is -0.396 e. The summed E-state index contributed by atoms with van der Waals surface area (Å²) < 4.78 is 0. The second kappa shape index (κ2) is 7.20. The maximum absolute atomic E-state index is 8.72. The van der Waals surface area contributed by atoms with Gasteiger partial charge in [-0.05, 0) is 51.9 Å². The molecule has 1 atom stereocenters. The summed E-state index contributed by atoms with van der Waals surface area (Å²) in [5, 5.41) is 8.72. The van der Waals surface area contributed by atoms with Gasteiger partial charge >= 0.3 is 0 Å². The van der Waals surface area contributed by atoms with E-state index in [-0.39, 0.29) is 0 Å². The Morgan fingerprint density at radius 2 is 2.20 bits per heavy atom. The minimum absolute atomic E-state index is 0.343. The highest BCUT2D eigenvalue weighted by Gasteiger charge is 2.22. The molecule has 0 aromatic heterocycles. The number of unbranched alkanes of at least 4 members (excludes halogenated alkanes) is 1. The predicted octanol–water partition coefficient (Wildman–Crippen LogP) is 1.03. The van der Waals surface area contributed by atoms with Crippen molar-refractivity contribution >= 4 is 0 Å². The molecule has 1 aliphatic heterocycles. The summed E-state index contributed by atoms with van der Waals surface area (Å²) in [6.45, 7) is 8.65. The van der Waals surface area contributed by atoms with Crippen LogP contribution in [0.25, 0.3) is 0 Å². The van der Waals surface area contributed by atoms with Crippen molar-refractivity contribution < 1.29 is 5.11 Å². The number of rotatable bonds is 7. The fraction of sp³-hybridized carbons (Fsp3) is 1.00. The SMILES string of the molecule is CCN(C)CC1CCN(CCCCO)C1. The molecular weight excluding hydrogens is 188 g/mol. The van der Waals surface area contributed by atoms with Crippen LogP contribution < -0.4 is 0 Å². The first kappa shape index (κ1) is 12.9. The highest BCUT2D eigenvalue weighted by molar-refractivity contribution is 4.77. The maximum Gasteiger partial charge on any atom is 0.0431 e. The van der Waals surface area contributed by atoms with Crippen molar-refractivity contribution in [3.63, 3.8) is 0 Å². The molecule has 1 aliphatic rings. The molecule has 15 heavy (non-hydrogen) atoms. The van der Waals surface area contributed by atoms with Gasteiger partial charge in [0.2, 0.25) is 0 Å². The van der Waals surface area contributed by atoms with Crippen LogP contribution in [0.4, 0.5) is 0 Å². The lowest BCUT2D eigenvalue weighted by Gasteiger charge is -2.20.